The van der Waals surface area contributed by atoms with Crippen molar-refractivity contribution in [3.8, 4) is 0 Å². The first-order chi connectivity index (χ1) is 14.1. The van der Waals surface area contributed by atoms with Gasteiger partial charge in [0.25, 0.3) is 0 Å². The molecule has 29 heavy (non-hydrogen) atoms. The molecule has 1 aliphatic rings. The van der Waals surface area contributed by atoms with Gasteiger partial charge in [-0.05, 0) is 31.0 Å². The topological polar surface area (TPSA) is 103 Å². The van der Waals surface area contributed by atoms with Gasteiger partial charge in [0, 0.05) is 17.8 Å². The zero-order chi connectivity index (χ0) is 20.2. The van der Waals surface area contributed by atoms with Crippen molar-refractivity contribution in [1.29, 1.82) is 5.41 Å². The lowest BCUT2D eigenvalue weighted by Crippen LogP contribution is -2.34. The number of anilines is 1. The zero-order valence-electron chi connectivity index (χ0n) is 15.5. The highest BCUT2D eigenvalue weighted by Gasteiger charge is 2.28. The minimum Gasteiger partial charge on any atom is -0.479 e. The van der Waals surface area contributed by atoms with E-state index in [2.05, 4.69) is 29.8 Å². The predicted molar refractivity (Wildman–Crippen MR) is 115 cm³/mol. The van der Waals surface area contributed by atoms with Gasteiger partial charge in [0.1, 0.15) is 18.5 Å². The van der Waals surface area contributed by atoms with Crippen molar-refractivity contribution in [2.45, 2.75) is 25.3 Å². The fraction of sp³-hybridized carbons (Fsp3) is 0.316. The van der Waals surface area contributed by atoms with E-state index in [-0.39, 0.29) is 18.4 Å². The Morgan fingerprint density at radius 3 is 3.10 bits per heavy atom. The van der Waals surface area contributed by atoms with E-state index in [1.165, 1.54) is 6.33 Å². The number of aromatic amines is 1. The molecule has 1 unspecified atom stereocenters. The lowest BCUT2D eigenvalue weighted by Gasteiger charge is -2.25. The van der Waals surface area contributed by atoms with Crippen molar-refractivity contribution >= 4 is 58.0 Å². The van der Waals surface area contributed by atoms with Crippen molar-refractivity contribution in [3.05, 3.63) is 40.9 Å². The van der Waals surface area contributed by atoms with Gasteiger partial charge < -0.3 is 14.6 Å². The molecule has 1 saturated heterocycles. The average Bonchev–Trinajstić information content (AvgIpc) is 3.37. The molecule has 0 bridgehead atoms. The second-order valence-electron chi connectivity index (χ2n) is 6.63. The Bertz CT molecular complexity index is 1050. The molecule has 0 amide bonds. The Labute approximate surface area is 177 Å². The molecule has 0 saturated carbocycles. The number of aliphatic imine (C=N–C) groups is 1. The molecule has 2 aromatic heterocycles. The number of fused-ring (bicyclic) bond motifs is 1. The van der Waals surface area contributed by atoms with Crippen LogP contribution in [0.4, 0.5) is 11.5 Å². The number of halogens is 2. The molecule has 1 atom stereocenters. The van der Waals surface area contributed by atoms with Crippen molar-refractivity contribution < 1.29 is 4.74 Å². The highest BCUT2D eigenvalue weighted by Crippen LogP contribution is 2.29. The Morgan fingerprint density at radius 1 is 1.34 bits per heavy atom. The smallest absolute Gasteiger partial charge is 0.185 e. The van der Waals surface area contributed by atoms with E-state index in [1.54, 1.807) is 30.7 Å². The van der Waals surface area contributed by atoms with E-state index in [0.717, 1.165) is 30.7 Å². The van der Waals surface area contributed by atoms with Crippen LogP contribution in [0, 0.1) is 5.41 Å². The van der Waals surface area contributed by atoms with Crippen molar-refractivity contribution in [3.63, 3.8) is 0 Å². The molecule has 1 aromatic carbocycles. The van der Waals surface area contributed by atoms with E-state index in [9.17, 15) is 0 Å². The Balaban J connectivity index is 1.34. The van der Waals surface area contributed by atoms with Gasteiger partial charge in [0.15, 0.2) is 17.4 Å². The Hall–Kier alpha value is -2.71. The number of hydrogen-bond acceptors (Lipinski definition) is 7. The van der Waals surface area contributed by atoms with E-state index in [1.807, 2.05) is 0 Å². The Kier molecular flexibility index (Phi) is 5.92. The predicted octanol–water partition coefficient (Wildman–Crippen LogP) is 4.41. The van der Waals surface area contributed by atoms with Gasteiger partial charge in [-0.15, -0.1) is 0 Å². The van der Waals surface area contributed by atoms with Crippen molar-refractivity contribution in [2.24, 2.45) is 4.99 Å². The minimum absolute atomic E-state index is 0.138. The van der Waals surface area contributed by atoms with Gasteiger partial charge in [0.2, 0.25) is 0 Å². The van der Waals surface area contributed by atoms with Gasteiger partial charge in [-0.1, -0.05) is 23.2 Å². The summed E-state index contributed by atoms with van der Waals surface area (Å²) in [5.41, 5.74) is 2.08. The van der Waals surface area contributed by atoms with Gasteiger partial charge in [0.05, 0.1) is 29.5 Å². The summed E-state index contributed by atoms with van der Waals surface area (Å²) < 4.78 is 5.69. The highest BCUT2D eigenvalue weighted by atomic mass is 35.5. The molecule has 1 fully saturated rings. The van der Waals surface area contributed by atoms with Crippen LogP contribution in [0.2, 0.25) is 10.0 Å². The third kappa shape index (κ3) is 4.49. The molecule has 4 rings (SSSR count). The third-order valence-electron chi connectivity index (χ3n) is 4.72. The lowest BCUT2D eigenvalue weighted by molar-refractivity contribution is 0.269. The fourth-order valence-electron chi connectivity index (χ4n) is 3.33. The SMILES string of the molecule is N=C(CC=Nc1ccc(Cl)cc1Cl)OCC1CCCN1c1ncnc2nc[nH]c12. The minimum atomic E-state index is 0.138. The first-order valence-corrected chi connectivity index (χ1v) is 9.96. The summed E-state index contributed by atoms with van der Waals surface area (Å²) in [6.07, 6.45) is 7.05. The summed E-state index contributed by atoms with van der Waals surface area (Å²) in [6, 6.07) is 5.23. The Morgan fingerprint density at radius 2 is 2.24 bits per heavy atom. The number of imidazole rings is 1. The maximum atomic E-state index is 8.06. The largest absolute Gasteiger partial charge is 0.479 e. The summed E-state index contributed by atoms with van der Waals surface area (Å²) in [5.74, 6) is 0.976. The van der Waals surface area contributed by atoms with Crippen LogP contribution in [0.25, 0.3) is 11.2 Å². The second kappa shape index (κ2) is 8.75. The second-order valence-corrected chi connectivity index (χ2v) is 7.48. The summed E-state index contributed by atoms with van der Waals surface area (Å²) in [4.78, 5) is 22.4. The zero-order valence-corrected chi connectivity index (χ0v) is 17.0. The number of ether oxygens (including phenoxy) is 1. The van der Waals surface area contributed by atoms with Gasteiger partial charge in [-0.3, -0.25) is 10.4 Å². The normalized spacial score (nSPS) is 16.8. The third-order valence-corrected chi connectivity index (χ3v) is 5.26. The summed E-state index contributed by atoms with van der Waals surface area (Å²) in [6.45, 7) is 1.29. The van der Waals surface area contributed by atoms with E-state index < -0.39 is 0 Å². The highest BCUT2D eigenvalue weighted by molar-refractivity contribution is 6.36. The molecule has 0 aliphatic carbocycles. The summed E-state index contributed by atoms with van der Waals surface area (Å²) in [5, 5.41) is 9.08. The number of rotatable bonds is 6. The molecule has 10 heteroatoms. The maximum Gasteiger partial charge on any atom is 0.185 e. The first-order valence-electron chi connectivity index (χ1n) is 9.20. The molecule has 150 valence electrons. The van der Waals surface area contributed by atoms with Crippen LogP contribution in [0.5, 0.6) is 0 Å². The molecule has 3 aromatic rings. The summed E-state index contributed by atoms with van der Waals surface area (Å²) >= 11 is 12.0. The number of aromatic nitrogens is 4. The van der Waals surface area contributed by atoms with Crippen molar-refractivity contribution in [2.75, 3.05) is 18.1 Å². The van der Waals surface area contributed by atoms with E-state index >= 15 is 0 Å². The molecule has 3 heterocycles. The quantitative estimate of drug-likeness (QED) is 0.444. The van der Waals surface area contributed by atoms with Gasteiger partial charge in [-0.2, -0.15) is 0 Å². The van der Waals surface area contributed by atoms with Crippen LogP contribution in [-0.4, -0.2) is 51.2 Å². The number of nitrogens with zero attached hydrogens (tertiary/aromatic N) is 5. The fourth-order valence-corrected chi connectivity index (χ4v) is 3.78. The average molecular weight is 432 g/mol. The monoisotopic (exact) mass is 431 g/mol. The van der Waals surface area contributed by atoms with Crippen molar-refractivity contribution in [1.82, 2.24) is 19.9 Å². The molecule has 2 N–H and O–H groups in total. The van der Waals surface area contributed by atoms with Crippen LogP contribution in [0.15, 0.2) is 35.8 Å². The standard InChI is InChI=1S/C19H19Cl2N7O/c20-12-3-4-15(14(21)8-12)23-6-5-16(22)29-9-13-2-1-7-28(13)19-17-18(25-10-24-17)26-11-27-19/h3-4,6,8,10-11,13,22H,1-2,5,7,9H2,(H,24,25,26,27). The molecule has 8 nitrogen and oxygen atoms in total. The lowest BCUT2D eigenvalue weighted by atomic mass is 10.2. The van der Waals surface area contributed by atoms with Crippen LogP contribution >= 0.6 is 23.2 Å². The number of hydrogen-bond donors (Lipinski definition) is 2. The van der Waals surface area contributed by atoms with Crippen LogP contribution in [-0.2, 0) is 4.74 Å². The number of H-pyrrole nitrogens is 1. The molecule has 0 radical (unpaired) electrons. The number of benzene rings is 1. The molecule has 0 spiro atoms. The summed E-state index contributed by atoms with van der Waals surface area (Å²) in [7, 11) is 0. The number of nitrogens with one attached hydrogen (secondary N) is 2. The molecular formula is C19H19Cl2N7O. The van der Waals surface area contributed by atoms with E-state index in [0.29, 0.717) is 28.0 Å². The first kappa shape index (κ1) is 19.6. The van der Waals surface area contributed by atoms with Crippen LogP contribution < -0.4 is 4.90 Å². The van der Waals surface area contributed by atoms with Gasteiger partial charge >= 0.3 is 0 Å². The van der Waals surface area contributed by atoms with Gasteiger partial charge in [-0.25, -0.2) is 15.0 Å². The van der Waals surface area contributed by atoms with Crippen LogP contribution in [0.1, 0.15) is 19.3 Å². The van der Waals surface area contributed by atoms with E-state index in [4.69, 9.17) is 33.3 Å². The molecular weight excluding hydrogens is 413 g/mol. The maximum absolute atomic E-state index is 8.06. The van der Waals surface area contributed by atoms with Crippen LogP contribution in [0.3, 0.4) is 0 Å². The molecule has 1 aliphatic heterocycles.